The fourth-order valence-electron chi connectivity index (χ4n) is 5.40. The molecule has 1 aliphatic carbocycles. The van der Waals surface area contributed by atoms with Crippen LogP contribution in [0.25, 0.3) is 0 Å². The van der Waals surface area contributed by atoms with Gasteiger partial charge in [0.05, 0.1) is 32.2 Å². The lowest BCUT2D eigenvalue weighted by Crippen LogP contribution is -3.15. The van der Waals surface area contributed by atoms with Crippen molar-refractivity contribution >= 4 is 5.69 Å². The SMILES string of the molecule is Cc1ccc(C)c(N2CC[NH+]([C@@H](c3ccccc3)c3nnnn3C3CCCC3)CC2)c1. The van der Waals surface area contributed by atoms with Crippen molar-refractivity contribution in [2.75, 3.05) is 31.1 Å². The number of anilines is 1. The predicted molar refractivity (Wildman–Crippen MR) is 122 cm³/mol. The quantitative estimate of drug-likeness (QED) is 0.694. The lowest BCUT2D eigenvalue weighted by Gasteiger charge is -2.38. The van der Waals surface area contributed by atoms with E-state index in [-0.39, 0.29) is 6.04 Å². The molecular formula is C25H33N6+. The van der Waals surface area contributed by atoms with Crippen molar-refractivity contribution in [3.63, 3.8) is 0 Å². The number of aromatic nitrogens is 4. The zero-order valence-electron chi connectivity index (χ0n) is 18.7. The molecule has 2 aromatic carbocycles. The van der Waals surface area contributed by atoms with Crippen molar-refractivity contribution < 1.29 is 4.90 Å². The van der Waals surface area contributed by atoms with Gasteiger partial charge >= 0.3 is 0 Å². The van der Waals surface area contributed by atoms with E-state index < -0.39 is 0 Å². The van der Waals surface area contributed by atoms with Crippen molar-refractivity contribution in [1.82, 2.24) is 20.2 Å². The van der Waals surface area contributed by atoms with E-state index in [0.717, 1.165) is 32.0 Å². The van der Waals surface area contributed by atoms with E-state index >= 15 is 0 Å². The Balaban J connectivity index is 1.42. The van der Waals surface area contributed by atoms with E-state index in [0.29, 0.717) is 6.04 Å². The molecule has 1 saturated carbocycles. The first kappa shape index (κ1) is 20.2. The topological polar surface area (TPSA) is 51.3 Å². The Bertz CT molecular complexity index is 1000. The molecule has 5 rings (SSSR count). The van der Waals surface area contributed by atoms with Crippen molar-refractivity contribution in [2.24, 2.45) is 0 Å². The van der Waals surface area contributed by atoms with Gasteiger partial charge in [-0.25, -0.2) is 4.68 Å². The molecule has 1 aliphatic heterocycles. The van der Waals surface area contributed by atoms with Crippen LogP contribution in [0.15, 0.2) is 48.5 Å². The molecule has 162 valence electrons. The molecule has 1 atom stereocenters. The number of rotatable bonds is 5. The third kappa shape index (κ3) is 4.09. The maximum absolute atomic E-state index is 4.58. The van der Waals surface area contributed by atoms with Crippen molar-refractivity contribution in [2.45, 2.75) is 51.6 Å². The molecule has 2 heterocycles. The second-order valence-corrected chi connectivity index (χ2v) is 9.20. The Hall–Kier alpha value is -2.73. The average molecular weight is 418 g/mol. The van der Waals surface area contributed by atoms with E-state index in [1.807, 2.05) is 0 Å². The van der Waals surface area contributed by atoms with Crippen LogP contribution in [0.2, 0.25) is 0 Å². The van der Waals surface area contributed by atoms with Crippen molar-refractivity contribution in [1.29, 1.82) is 0 Å². The molecule has 31 heavy (non-hydrogen) atoms. The van der Waals surface area contributed by atoms with Crippen LogP contribution < -0.4 is 9.80 Å². The first-order valence-electron chi connectivity index (χ1n) is 11.7. The fraction of sp³-hybridized carbons (Fsp3) is 0.480. The summed E-state index contributed by atoms with van der Waals surface area (Å²) in [4.78, 5) is 4.11. The molecule has 6 nitrogen and oxygen atoms in total. The average Bonchev–Trinajstić information content (AvgIpc) is 3.49. The highest BCUT2D eigenvalue weighted by atomic mass is 15.6. The lowest BCUT2D eigenvalue weighted by atomic mass is 10.0. The van der Waals surface area contributed by atoms with Gasteiger partial charge in [-0.3, -0.25) is 0 Å². The Labute approximate surface area is 184 Å². The van der Waals surface area contributed by atoms with Gasteiger partial charge in [0.25, 0.3) is 0 Å². The summed E-state index contributed by atoms with van der Waals surface area (Å²) in [5.74, 6) is 1.04. The largest absolute Gasteiger partial charge is 0.360 e. The monoisotopic (exact) mass is 417 g/mol. The number of tetrazole rings is 1. The van der Waals surface area contributed by atoms with Crippen LogP contribution in [-0.4, -0.2) is 46.4 Å². The zero-order valence-corrected chi connectivity index (χ0v) is 18.7. The van der Waals surface area contributed by atoms with E-state index in [1.54, 1.807) is 4.90 Å². The minimum Gasteiger partial charge on any atom is -0.360 e. The number of nitrogens with one attached hydrogen (secondary N) is 1. The molecule has 0 radical (unpaired) electrons. The standard InChI is InChI=1S/C25H32N6/c1-19-12-13-20(2)23(18-19)29-14-16-30(17-15-29)24(21-8-4-3-5-9-21)25-26-27-28-31(25)22-10-6-7-11-22/h3-5,8-9,12-13,18,22,24H,6-7,10-11,14-17H2,1-2H3/p+1/t24-/m0/s1. The maximum atomic E-state index is 4.58. The number of benzene rings is 2. The van der Waals surface area contributed by atoms with Gasteiger partial charge in [0.1, 0.15) is 0 Å². The van der Waals surface area contributed by atoms with Crippen LogP contribution in [0.3, 0.4) is 0 Å². The van der Waals surface area contributed by atoms with Crippen LogP contribution >= 0.6 is 0 Å². The van der Waals surface area contributed by atoms with E-state index in [4.69, 9.17) is 0 Å². The van der Waals surface area contributed by atoms with E-state index in [2.05, 4.69) is 87.5 Å². The first-order chi connectivity index (χ1) is 15.2. The maximum Gasteiger partial charge on any atom is 0.214 e. The molecule has 2 aliphatic rings. The summed E-state index contributed by atoms with van der Waals surface area (Å²) in [5.41, 5.74) is 5.38. The van der Waals surface area contributed by atoms with Crippen LogP contribution in [0.1, 0.15) is 60.3 Å². The molecular weight excluding hydrogens is 384 g/mol. The van der Waals surface area contributed by atoms with Crippen LogP contribution in [0.5, 0.6) is 0 Å². The highest BCUT2D eigenvalue weighted by Gasteiger charge is 2.36. The molecule has 0 spiro atoms. The van der Waals surface area contributed by atoms with E-state index in [9.17, 15) is 0 Å². The number of hydrogen-bond acceptors (Lipinski definition) is 4. The van der Waals surface area contributed by atoms with Gasteiger partial charge in [-0.1, -0.05) is 55.3 Å². The predicted octanol–water partition coefficient (Wildman–Crippen LogP) is 2.90. The van der Waals surface area contributed by atoms with Crippen molar-refractivity contribution in [3.8, 4) is 0 Å². The number of aryl methyl sites for hydroxylation is 2. The molecule has 0 amide bonds. The summed E-state index contributed by atoms with van der Waals surface area (Å²) >= 11 is 0. The number of piperazine rings is 1. The minimum absolute atomic E-state index is 0.178. The fourth-order valence-corrected chi connectivity index (χ4v) is 5.40. The summed E-state index contributed by atoms with van der Waals surface area (Å²) < 4.78 is 2.15. The van der Waals surface area contributed by atoms with Gasteiger partial charge in [0.15, 0.2) is 6.04 Å². The van der Waals surface area contributed by atoms with Gasteiger partial charge in [0.2, 0.25) is 5.82 Å². The highest BCUT2D eigenvalue weighted by molar-refractivity contribution is 5.55. The van der Waals surface area contributed by atoms with Gasteiger partial charge < -0.3 is 9.80 Å². The minimum atomic E-state index is 0.178. The van der Waals surface area contributed by atoms with Gasteiger partial charge in [-0.2, -0.15) is 0 Å². The Kier molecular flexibility index (Phi) is 5.72. The third-order valence-corrected chi connectivity index (χ3v) is 7.10. The van der Waals surface area contributed by atoms with Crippen molar-refractivity contribution in [3.05, 3.63) is 71.0 Å². The molecule has 2 fully saturated rings. The van der Waals surface area contributed by atoms with Gasteiger partial charge in [-0.05, 0) is 54.3 Å². The van der Waals surface area contributed by atoms with Crippen LogP contribution in [0.4, 0.5) is 5.69 Å². The first-order valence-corrected chi connectivity index (χ1v) is 11.7. The zero-order chi connectivity index (χ0) is 21.2. The smallest absolute Gasteiger partial charge is 0.214 e. The summed E-state index contributed by atoms with van der Waals surface area (Å²) in [5, 5.41) is 13.2. The third-order valence-electron chi connectivity index (χ3n) is 7.10. The molecule has 1 saturated heterocycles. The second kappa shape index (κ2) is 8.79. The highest BCUT2D eigenvalue weighted by Crippen LogP contribution is 2.31. The Morgan fingerprint density at radius 3 is 2.45 bits per heavy atom. The molecule has 1 N–H and O–H groups in total. The second-order valence-electron chi connectivity index (χ2n) is 9.20. The lowest BCUT2D eigenvalue weighted by molar-refractivity contribution is -0.927. The molecule has 0 unspecified atom stereocenters. The molecule has 3 aromatic rings. The summed E-state index contributed by atoms with van der Waals surface area (Å²) in [6, 6.07) is 18.2. The summed E-state index contributed by atoms with van der Waals surface area (Å²) in [6.45, 7) is 8.64. The van der Waals surface area contributed by atoms with E-state index in [1.165, 1.54) is 48.1 Å². The molecule has 1 aromatic heterocycles. The number of quaternary nitrogens is 1. The number of hydrogen-bond donors (Lipinski definition) is 1. The number of nitrogens with zero attached hydrogens (tertiary/aromatic N) is 5. The summed E-state index contributed by atoms with van der Waals surface area (Å²) in [6.07, 6.45) is 4.94. The van der Waals surface area contributed by atoms with Gasteiger partial charge in [0, 0.05) is 11.3 Å². The van der Waals surface area contributed by atoms with Gasteiger partial charge in [-0.15, -0.1) is 5.10 Å². The Morgan fingerprint density at radius 1 is 0.968 bits per heavy atom. The normalized spacial score (nSPS) is 19.1. The molecule has 0 bridgehead atoms. The van der Waals surface area contributed by atoms with Crippen LogP contribution in [-0.2, 0) is 0 Å². The molecule has 6 heteroatoms. The summed E-state index contributed by atoms with van der Waals surface area (Å²) in [7, 11) is 0. The Morgan fingerprint density at radius 2 is 1.71 bits per heavy atom. The van der Waals surface area contributed by atoms with Crippen LogP contribution in [0, 0.1) is 13.8 Å².